The fraction of sp³-hybridized carbons (Fsp3) is 0.167. The van der Waals surface area contributed by atoms with E-state index in [9.17, 15) is 19.7 Å². The zero-order valence-electron chi connectivity index (χ0n) is 14.6. The minimum Gasteiger partial charge on any atom is -0.481 e. The molecule has 144 valence electrons. The number of furan rings is 1. The van der Waals surface area contributed by atoms with Gasteiger partial charge in [-0.3, -0.25) is 24.6 Å². The number of thioether (sulfide) groups is 1. The molecule has 2 heterocycles. The predicted octanol–water partition coefficient (Wildman–Crippen LogP) is 3.84. The van der Waals surface area contributed by atoms with E-state index in [1.54, 1.807) is 31.2 Å². The molecule has 1 aromatic heterocycles. The van der Waals surface area contributed by atoms with Gasteiger partial charge in [0.15, 0.2) is 0 Å². The Hall–Kier alpha value is -2.98. The van der Waals surface area contributed by atoms with Crippen LogP contribution in [0.1, 0.15) is 17.7 Å². The standard InChI is InChI=1S/C18H14N2O6S2/c1-10-2-4-12(13(8-10)20(24)25)14-5-3-11(26-14)9-15-17(23)19(18(27)28-15)7-6-16(21)22/h2-5,8-9H,6-7H2,1H3,(H,21,22). The highest BCUT2D eigenvalue weighted by atomic mass is 32.2. The Balaban J connectivity index is 1.86. The Morgan fingerprint density at radius 3 is 2.82 bits per heavy atom. The number of carboxylic acids is 1. The van der Waals surface area contributed by atoms with Gasteiger partial charge in [-0.25, -0.2) is 0 Å². The van der Waals surface area contributed by atoms with Gasteiger partial charge in [-0.2, -0.15) is 0 Å². The fourth-order valence-electron chi connectivity index (χ4n) is 2.61. The number of hydrogen-bond donors (Lipinski definition) is 1. The molecule has 1 fully saturated rings. The number of thiocarbonyl (C=S) groups is 1. The molecule has 0 aliphatic carbocycles. The summed E-state index contributed by atoms with van der Waals surface area (Å²) in [4.78, 5) is 35.5. The van der Waals surface area contributed by atoms with Crippen molar-refractivity contribution < 1.29 is 24.0 Å². The van der Waals surface area contributed by atoms with Crippen LogP contribution in [0.15, 0.2) is 39.7 Å². The van der Waals surface area contributed by atoms with Crippen molar-refractivity contribution in [1.29, 1.82) is 0 Å². The van der Waals surface area contributed by atoms with Crippen LogP contribution in [-0.2, 0) is 9.59 Å². The molecule has 1 saturated heterocycles. The summed E-state index contributed by atoms with van der Waals surface area (Å²) in [5, 5.41) is 20.1. The number of carbonyl (C=O) groups is 2. The van der Waals surface area contributed by atoms with E-state index in [0.717, 1.165) is 17.3 Å². The number of nitrogens with zero attached hydrogens (tertiary/aromatic N) is 2. The van der Waals surface area contributed by atoms with E-state index in [4.69, 9.17) is 21.7 Å². The molecule has 28 heavy (non-hydrogen) atoms. The van der Waals surface area contributed by atoms with Crippen LogP contribution in [0.3, 0.4) is 0 Å². The van der Waals surface area contributed by atoms with Crippen LogP contribution >= 0.6 is 24.0 Å². The van der Waals surface area contributed by atoms with Crippen LogP contribution in [0.2, 0.25) is 0 Å². The number of aryl methyl sites for hydroxylation is 1. The molecule has 8 nitrogen and oxygen atoms in total. The van der Waals surface area contributed by atoms with E-state index in [1.165, 1.54) is 17.0 Å². The van der Waals surface area contributed by atoms with Gasteiger partial charge >= 0.3 is 5.97 Å². The fourth-order valence-corrected chi connectivity index (χ4v) is 3.89. The molecule has 1 aliphatic heterocycles. The second-order valence-corrected chi connectivity index (χ2v) is 7.63. The minimum absolute atomic E-state index is 0.00366. The maximum absolute atomic E-state index is 12.4. The van der Waals surface area contributed by atoms with E-state index in [2.05, 4.69) is 0 Å². The van der Waals surface area contributed by atoms with Crippen LogP contribution in [0.25, 0.3) is 17.4 Å². The first-order chi connectivity index (χ1) is 13.3. The van der Waals surface area contributed by atoms with Crippen LogP contribution in [0.5, 0.6) is 0 Å². The average molecular weight is 418 g/mol. The third-order valence-electron chi connectivity index (χ3n) is 3.94. The molecule has 1 aromatic carbocycles. The zero-order valence-corrected chi connectivity index (χ0v) is 16.2. The Bertz CT molecular complexity index is 1030. The maximum atomic E-state index is 12.4. The lowest BCUT2D eigenvalue weighted by molar-refractivity contribution is -0.384. The predicted molar refractivity (Wildman–Crippen MR) is 108 cm³/mol. The van der Waals surface area contributed by atoms with Gasteiger partial charge in [0.2, 0.25) is 0 Å². The number of carbonyl (C=O) groups excluding carboxylic acids is 1. The van der Waals surface area contributed by atoms with Crippen LogP contribution < -0.4 is 0 Å². The van der Waals surface area contributed by atoms with Crippen molar-refractivity contribution in [3.8, 4) is 11.3 Å². The lowest BCUT2D eigenvalue weighted by atomic mass is 10.1. The SMILES string of the molecule is Cc1ccc(-c2ccc(C=C3SC(=S)N(CCC(=O)O)C3=O)o2)c([N+](=O)[O-])c1. The van der Waals surface area contributed by atoms with E-state index in [-0.39, 0.29) is 23.0 Å². The molecule has 0 radical (unpaired) electrons. The van der Waals surface area contributed by atoms with Gasteiger partial charge in [0.05, 0.1) is 21.8 Å². The average Bonchev–Trinajstić information content (AvgIpc) is 3.18. The Kier molecular flexibility index (Phi) is 5.61. The molecule has 2 aromatic rings. The highest BCUT2D eigenvalue weighted by Gasteiger charge is 2.32. The number of hydrogen-bond acceptors (Lipinski definition) is 7. The van der Waals surface area contributed by atoms with Crippen molar-refractivity contribution in [3.05, 3.63) is 56.7 Å². The van der Waals surface area contributed by atoms with Gasteiger partial charge in [0, 0.05) is 18.7 Å². The van der Waals surface area contributed by atoms with Crippen molar-refractivity contribution >= 4 is 51.9 Å². The van der Waals surface area contributed by atoms with E-state index < -0.39 is 16.8 Å². The molecule has 0 atom stereocenters. The normalized spacial score (nSPS) is 15.5. The monoisotopic (exact) mass is 418 g/mol. The Morgan fingerprint density at radius 2 is 2.14 bits per heavy atom. The molecule has 0 spiro atoms. The number of amides is 1. The number of nitro groups is 1. The van der Waals surface area contributed by atoms with Gasteiger partial charge in [-0.1, -0.05) is 30.0 Å². The summed E-state index contributed by atoms with van der Waals surface area (Å²) in [5.41, 5.74) is 1.03. The quantitative estimate of drug-likeness (QED) is 0.326. The third-order valence-corrected chi connectivity index (χ3v) is 5.32. The van der Waals surface area contributed by atoms with Gasteiger partial charge in [0.1, 0.15) is 15.8 Å². The molecule has 3 rings (SSSR count). The van der Waals surface area contributed by atoms with Crippen molar-refractivity contribution in [2.45, 2.75) is 13.3 Å². The second kappa shape index (κ2) is 7.95. The lowest BCUT2D eigenvalue weighted by Crippen LogP contribution is -2.30. The highest BCUT2D eigenvalue weighted by Crippen LogP contribution is 2.35. The summed E-state index contributed by atoms with van der Waals surface area (Å²) in [6, 6.07) is 8.02. The number of aliphatic carboxylic acids is 1. The smallest absolute Gasteiger partial charge is 0.305 e. The van der Waals surface area contributed by atoms with E-state index in [1.807, 2.05) is 0 Å². The highest BCUT2D eigenvalue weighted by molar-refractivity contribution is 8.26. The molecule has 10 heteroatoms. The van der Waals surface area contributed by atoms with Crippen molar-refractivity contribution in [2.24, 2.45) is 0 Å². The maximum Gasteiger partial charge on any atom is 0.305 e. The second-order valence-electron chi connectivity index (χ2n) is 5.96. The van der Waals surface area contributed by atoms with Crippen molar-refractivity contribution in [1.82, 2.24) is 4.90 Å². The number of carboxylic acid groups (broad SMARTS) is 1. The molecule has 0 saturated carbocycles. The van der Waals surface area contributed by atoms with Gasteiger partial charge in [-0.15, -0.1) is 0 Å². The van der Waals surface area contributed by atoms with Gasteiger partial charge in [-0.05, 0) is 30.7 Å². The summed E-state index contributed by atoms with van der Waals surface area (Å²) in [7, 11) is 0. The van der Waals surface area contributed by atoms with Crippen LogP contribution in [0, 0.1) is 17.0 Å². The molecule has 1 amide bonds. The summed E-state index contributed by atoms with van der Waals surface area (Å²) in [6.45, 7) is 1.76. The lowest BCUT2D eigenvalue weighted by Gasteiger charge is -2.12. The van der Waals surface area contributed by atoms with Crippen LogP contribution in [-0.4, -0.2) is 37.7 Å². The minimum atomic E-state index is -1.02. The Morgan fingerprint density at radius 1 is 1.39 bits per heavy atom. The molecule has 0 bridgehead atoms. The summed E-state index contributed by atoms with van der Waals surface area (Å²) in [6.07, 6.45) is 1.28. The molecule has 1 N–H and O–H groups in total. The summed E-state index contributed by atoms with van der Waals surface area (Å²) < 4.78 is 5.95. The molecule has 0 unspecified atom stereocenters. The first-order valence-corrected chi connectivity index (χ1v) is 9.31. The number of nitro benzene ring substituents is 1. The number of benzene rings is 1. The van der Waals surface area contributed by atoms with Crippen LogP contribution in [0.4, 0.5) is 5.69 Å². The third kappa shape index (κ3) is 4.12. The Labute approximate surface area is 169 Å². The molecular formula is C18H14N2O6S2. The van der Waals surface area contributed by atoms with E-state index in [0.29, 0.717) is 22.0 Å². The topological polar surface area (TPSA) is 114 Å². The largest absolute Gasteiger partial charge is 0.481 e. The molecule has 1 aliphatic rings. The van der Waals surface area contributed by atoms with Crippen molar-refractivity contribution in [3.63, 3.8) is 0 Å². The summed E-state index contributed by atoms with van der Waals surface area (Å²) >= 11 is 6.18. The zero-order chi connectivity index (χ0) is 20.4. The first kappa shape index (κ1) is 19.8. The molecular weight excluding hydrogens is 404 g/mol. The van der Waals surface area contributed by atoms with Gasteiger partial charge in [0.25, 0.3) is 11.6 Å². The first-order valence-electron chi connectivity index (χ1n) is 8.08. The van der Waals surface area contributed by atoms with Crippen molar-refractivity contribution in [2.75, 3.05) is 6.54 Å². The van der Waals surface area contributed by atoms with Gasteiger partial charge < -0.3 is 9.52 Å². The number of rotatable bonds is 6. The van der Waals surface area contributed by atoms with E-state index >= 15 is 0 Å². The summed E-state index contributed by atoms with van der Waals surface area (Å²) in [5.74, 6) is -0.771.